The summed E-state index contributed by atoms with van der Waals surface area (Å²) in [6, 6.07) is 8.15. The maximum Gasteiger partial charge on any atom is 0.148 e. The molecule has 106 valence electrons. The molecule has 0 fully saturated rings. The topological polar surface area (TPSA) is 75.9 Å². The summed E-state index contributed by atoms with van der Waals surface area (Å²) in [6.45, 7) is 4.05. The molecule has 5 nitrogen and oxygen atoms in total. The van der Waals surface area contributed by atoms with E-state index in [2.05, 4.69) is 62.4 Å². The van der Waals surface area contributed by atoms with Gasteiger partial charge in [-0.1, -0.05) is 6.92 Å². The average molecular weight is 383 g/mol. The lowest BCUT2D eigenvalue weighted by Gasteiger charge is -2.13. The Morgan fingerprint density at radius 3 is 2.40 bits per heavy atom. The van der Waals surface area contributed by atoms with Gasteiger partial charge in [0.1, 0.15) is 17.5 Å². The fourth-order valence-corrected chi connectivity index (χ4v) is 2.19. The van der Waals surface area contributed by atoms with E-state index in [1.807, 2.05) is 19.1 Å². The molecule has 0 bridgehead atoms. The highest BCUT2D eigenvalue weighted by Crippen LogP contribution is 2.23. The third-order valence-electron chi connectivity index (χ3n) is 2.91. The summed E-state index contributed by atoms with van der Waals surface area (Å²) in [5, 5.41) is 3.32. The molecule has 0 radical (unpaired) electrons. The minimum atomic E-state index is 0.663. The SMILES string of the molecule is CCCc1nc(NN)c(C)c(Nc2ccc(I)cc2)n1. The fourth-order valence-electron chi connectivity index (χ4n) is 1.83. The molecule has 0 aliphatic rings. The molecular formula is C14H18IN5. The number of hydrazine groups is 1. The molecule has 6 heteroatoms. The second-order valence-electron chi connectivity index (χ2n) is 4.49. The van der Waals surface area contributed by atoms with E-state index in [9.17, 15) is 0 Å². The van der Waals surface area contributed by atoms with Crippen LogP contribution in [-0.4, -0.2) is 9.97 Å². The number of aromatic nitrogens is 2. The van der Waals surface area contributed by atoms with Gasteiger partial charge in [-0.25, -0.2) is 15.8 Å². The van der Waals surface area contributed by atoms with E-state index in [1.54, 1.807) is 0 Å². The van der Waals surface area contributed by atoms with Crippen molar-refractivity contribution < 1.29 is 0 Å². The monoisotopic (exact) mass is 383 g/mol. The Balaban J connectivity index is 2.33. The van der Waals surface area contributed by atoms with Gasteiger partial charge in [0.05, 0.1) is 0 Å². The van der Waals surface area contributed by atoms with Crippen LogP contribution < -0.4 is 16.6 Å². The maximum absolute atomic E-state index is 5.53. The van der Waals surface area contributed by atoms with Gasteiger partial charge in [0.15, 0.2) is 0 Å². The number of hydrogen-bond acceptors (Lipinski definition) is 5. The number of nitrogen functional groups attached to an aromatic ring is 1. The van der Waals surface area contributed by atoms with E-state index in [4.69, 9.17) is 5.84 Å². The molecule has 20 heavy (non-hydrogen) atoms. The second kappa shape index (κ2) is 6.85. The maximum atomic E-state index is 5.53. The lowest BCUT2D eigenvalue weighted by atomic mass is 10.2. The van der Waals surface area contributed by atoms with E-state index in [0.717, 1.165) is 35.7 Å². The Morgan fingerprint density at radius 1 is 1.15 bits per heavy atom. The third kappa shape index (κ3) is 3.57. The minimum Gasteiger partial charge on any atom is -0.340 e. The normalized spacial score (nSPS) is 10.4. The largest absolute Gasteiger partial charge is 0.340 e. The first-order valence-corrected chi connectivity index (χ1v) is 7.58. The molecular weight excluding hydrogens is 365 g/mol. The standard InChI is InChI=1S/C14H18IN5/c1-3-4-12-18-13(9(2)14(19-12)20-16)17-11-7-5-10(15)6-8-11/h5-8H,3-4,16H2,1-2H3,(H2,17,18,19,20). The average Bonchev–Trinajstić information content (AvgIpc) is 2.45. The van der Waals surface area contributed by atoms with Crippen LogP contribution in [0.1, 0.15) is 24.7 Å². The van der Waals surface area contributed by atoms with Crippen molar-refractivity contribution in [2.45, 2.75) is 26.7 Å². The summed E-state index contributed by atoms with van der Waals surface area (Å²) in [7, 11) is 0. The van der Waals surface area contributed by atoms with Gasteiger partial charge in [-0.3, -0.25) is 0 Å². The van der Waals surface area contributed by atoms with E-state index >= 15 is 0 Å². The summed E-state index contributed by atoms with van der Waals surface area (Å²) in [5.41, 5.74) is 4.54. The van der Waals surface area contributed by atoms with E-state index in [-0.39, 0.29) is 0 Å². The minimum absolute atomic E-state index is 0.663. The summed E-state index contributed by atoms with van der Waals surface area (Å²) >= 11 is 2.28. The lowest BCUT2D eigenvalue weighted by molar-refractivity contribution is 0.833. The molecule has 2 aromatic rings. The Labute approximate surface area is 132 Å². The van der Waals surface area contributed by atoms with Crippen LogP contribution in [-0.2, 0) is 6.42 Å². The number of halogens is 1. The van der Waals surface area contributed by atoms with Crippen LogP contribution in [0.2, 0.25) is 0 Å². The van der Waals surface area contributed by atoms with Crippen molar-refractivity contribution in [2.75, 3.05) is 10.7 Å². The predicted octanol–water partition coefficient (Wildman–Crippen LogP) is 3.37. The van der Waals surface area contributed by atoms with Gasteiger partial charge >= 0.3 is 0 Å². The molecule has 0 amide bonds. The Morgan fingerprint density at radius 2 is 1.80 bits per heavy atom. The van der Waals surface area contributed by atoms with Gasteiger partial charge < -0.3 is 10.7 Å². The van der Waals surface area contributed by atoms with Crippen LogP contribution in [0.3, 0.4) is 0 Å². The summed E-state index contributed by atoms with van der Waals surface area (Å²) in [4.78, 5) is 8.98. The first kappa shape index (κ1) is 15.0. The van der Waals surface area contributed by atoms with Crippen molar-refractivity contribution in [3.63, 3.8) is 0 Å². The zero-order valence-electron chi connectivity index (χ0n) is 11.6. The predicted molar refractivity (Wildman–Crippen MR) is 91.0 cm³/mol. The summed E-state index contributed by atoms with van der Waals surface area (Å²) < 4.78 is 1.20. The Kier molecular flexibility index (Phi) is 5.13. The summed E-state index contributed by atoms with van der Waals surface area (Å²) in [5.74, 6) is 7.77. The zero-order chi connectivity index (χ0) is 14.5. The summed E-state index contributed by atoms with van der Waals surface area (Å²) in [6.07, 6.45) is 1.83. The van der Waals surface area contributed by atoms with Crippen LogP contribution >= 0.6 is 22.6 Å². The van der Waals surface area contributed by atoms with Crippen molar-refractivity contribution in [3.8, 4) is 0 Å². The van der Waals surface area contributed by atoms with Crippen LogP contribution in [0.5, 0.6) is 0 Å². The smallest absolute Gasteiger partial charge is 0.148 e. The molecule has 1 heterocycles. The molecule has 1 aromatic heterocycles. The highest BCUT2D eigenvalue weighted by molar-refractivity contribution is 14.1. The van der Waals surface area contributed by atoms with Crippen LogP contribution in [0.15, 0.2) is 24.3 Å². The van der Waals surface area contributed by atoms with Crippen molar-refractivity contribution in [1.82, 2.24) is 9.97 Å². The molecule has 0 unspecified atom stereocenters. The van der Waals surface area contributed by atoms with Gasteiger partial charge in [0.2, 0.25) is 0 Å². The second-order valence-corrected chi connectivity index (χ2v) is 5.73. The van der Waals surface area contributed by atoms with Gasteiger partial charge in [-0.2, -0.15) is 0 Å². The van der Waals surface area contributed by atoms with E-state index in [1.165, 1.54) is 3.57 Å². The van der Waals surface area contributed by atoms with Crippen molar-refractivity contribution >= 4 is 39.9 Å². The van der Waals surface area contributed by atoms with Gasteiger partial charge in [0, 0.05) is 21.2 Å². The number of nitrogens with one attached hydrogen (secondary N) is 2. The fraction of sp³-hybridized carbons (Fsp3) is 0.286. The number of nitrogens with two attached hydrogens (primary N) is 1. The number of hydrogen-bond donors (Lipinski definition) is 3. The Bertz CT molecular complexity index is 583. The molecule has 0 saturated heterocycles. The zero-order valence-corrected chi connectivity index (χ0v) is 13.7. The molecule has 0 aliphatic heterocycles. The lowest BCUT2D eigenvalue weighted by Crippen LogP contribution is -2.14. The molecule has 0 aliphatic carbocycles. The first-order valence-electron chi connectivity index (χ1n) is 6.50. The van der Waals surface area contributed by atoms with Crippen LogP contribution in [0, 0.1) is 10.5 Å². The first-order chi connectivity index (χ1) is 9.63. The number of anilines is 3. The molecule has 0 spiro atoms. The number of nitrogens with zero attached hydrogens (tertiary/aromatic N) is 2. The molecule has 1 aromatic carbocycles. The van der Waals surface area contributed by atoms with E-state index in [0.29, 0.717) is 5.82 Å². The van der Waals surface area contributed by atoms with Crippen LogP contribution in [0.4, 0.5) is 17.3 Å². The number of aryl methyl sites for hydroxylation is 1. The number of benzene rings is 1. The molecule has 0 atom stereocenters. The van der Waals surface area contributed by atoms with Crippen molar-refractivity contribution in [3.05, 3.63) is 39.2 Å². The molecule has 4 N–H and O–H groups in total. The quantitative estimate of drug-likeness (QED) is 0.419. The number of rotatable bonds is 5. The highest BCUT2D eigenvalue weighted by Gasteiger charge is 2.10. The van der Waals surface area contributed by atoms with Crippen molar-refractivity contribution in [2.24, 2.45) is 5.84 Å². The van der Waals surface area contributed by atoms with Gasteiger partial charge in [-0.05, 0) is 60.2 Å². The van der Waals surface area contributed by atoms with Crippen molar-refractivity contribution in [1.29, 1.82) is 0 Å². The highest BCUT2D eigenvalue weighted by atomic mass is 127. The molecule has 2 rings (SSSR count). The van der Waals surface area contributed by atoms with Gasteiger partial charge in [0.25, 0.3) is 0 Å². The van der Waals surface area contributed by atoms with Gasteiger partial charge in [-0.15, -0.1) is 0 Å². The molecule has 0 saturated carbocycles. The van der Waals surface area contributed by atoms with Crippen LogP contribution in [0.25, 0.3) is 0 Å². The van der Waals surface area contributed by atoms with E-state index < -0.39 is 0 Å². The third-order valence-corrected chi connectivity index (χ3v) is 3.63. The Hall–Kier alpha value is -1.41.